The van der Waals surface area contributed by atoms with Crippen LogP contribution < -0.4 is 4.90 Å². The molecule has 3 heterocycles. The highest BCUT2D eigenvalue weighted by Gasteiger charge is 2.35. The second kappa shape index (κ2) is 10.0. The maximum atomic E-state index is 13.3. The second-order valence-corrected chi connectivity index (χ2v) is 9.91. The molecule has 0 unspecified atom stereocenters. The van der Waals surface area contributed by atoms with Gasteiger partial charge >= 0.3 is 6.09 Å². The van der Waals surface area contributed by atoms with E-state index in [9.17, 15) is 9.59 Å². The molecule has 0 aliphatic carbocycles. The zero-order chi connectivity index (χ0) is 24.3. The lowest BCUT2D eigenvalue weighted by Crippen LogP contribution is -2.56. The topological polar surface area (TPSA) is 75.2 Å². The Morgan fingerprint density at radius 2 is 1.94 bits per heavy atom. The standard InChI is InChI=1S/C26H34N4O4/c1-26(2,3)34-25(32)30-14-15-33-18-20(30)17-29-13-12-22-21(24(29)31)10-11-23(27-22)28(4)16-19-8-6-5-7-9-19/h5-11,20H,12-18H2,1-4H3/t20-/m0/s1. The van der Waals surface area contributed by atoms with E-state index in [1.165, 1.54) is 5.56 Å². The van der Waals surface area contributed by atoms with Gasteiger partial charge in [0, 0.05) is 39.6 Å². The summed E-state index contributed by atoms with van der Waals surface area (Å²) in [6.07, 6.45) is 0.312. The highest BCUT2D eigenvalue weighted by molar-refractivity contribution is 5.96. The first kappa shape index (κ1) is 24.0. The van der Waals surface area contributed by atoms with Gasteiger partial charge in [-0.1, -0.05) is 30.3 Å². The summed E-state index contributed by atoms with van der Waals surface area (Å²) in [5.41, 5.74) is 2.08. The summed E-state index contributed by atoms with van der Waals surface area (Å²) in [6.45, 7) is 8.58. The first-order chi connectivity index (χ1) is 16.2. The first-order valence-corrected chi connectivity index (χ1v) is 11.8. The number of carbonyl (C=O) groups is 2. The van der Waals surface area contributed by atoms with Gasteiger partial charge in [0.2, 0.25) is 0 Å². The molecule has 0 N–H and O–H groups in total. The third-order valence-corrected chi connectivity index (χ3v) is 6.04. The van der Waals surface area contributed by atoms with Crippen LogP contribution in [0.4, 0.5) is 10.6 Å². The second-order valence-electron chi connectivity index (χ2n) is 9.91. The molecular weight excluding hydrogens is 432 g/mol. The number of hydrogen-bond donors (Lipinski definition) is 0. The molecular formula is C26H34N4O4. The molecule has 1 atom stereocenters. The maximum Gasteiger partial charge on any atom is 0.410 e. The Hall–Kier alpha value is -3.13. The number of morpholine rings is 1. The van der Waals surface area contributed by atoms with Gasteiger partial charge in [0.25, 0.3) is 5.91 Å². The Bertz CT molecular complexity index is 1020. The molecule has 1 saturated heterocycles. The van der Waals surface area contributed by atoms with Gasteiger partial charge in [0.1, 0.15) is 11.4 Å². The number of pyridine rings is 1. The van der Waals surface area contributed by atoms with Crippen LogP contribution >= 0.6 is 0 Å². The van der Waals surface area contributed by atoms with Crippen molar-refractivity contribution < 1.29 is 19.1 Å². The summed E-state index contributed by atoms with van der Waals surface area (Å²) in [5, 5.41) is 0. The Labute approximate surface area is 201 Å². The van der Waals surface area contributed by atoms with Gasteiger partial charge in [0.05, 0.1) is 30.5 Å². The summed E-state index contributed by atoms with van der Waals surface area (Å²) in [5.74, 6) is 0.793. The monoisotopic (exact) mass is 466 g/mol. The number of amides is 2. The molecule has 1 aromatic heterocycles. The number of rotatable bonds is 5. The van der Waals surface area contributed by atoms with Gasteiger partial charge in [-0.3, -0.25) is 9.69 Å². The Balaban J connectivity index is 1.43. The summed E-state index contributed by atoms with van der Waals surface area (Å²) >= 11 is 0. The minimum atomic E-state index is -0.573. The van der Waals surface area contributed by atoms with Crippen molar-refractivity contribution in [3.63, 3.8) is 0 Å². The average molecular weight is 467 g/mol. The van der Waals surface area contributed by atoms with Crippen LogP contribution in [0.1, 0.15) is 42.4 Å². The number of hydrogen-bond acceptors (Lipinski definition) is 6. The van der Waals surface area contributed by atoms with Crippen molar-refractivity contribution in [2.45, 2.75) is 45.4 Å². The molecule has 182 valence electrons. The van der Waals surface area contributed by atoms with Crippen LogP contribution in [0.3, 0.4) is 0 Å². The molecule has 0 bridgehead atoms. The summed E-state index contributed by atoms with van der Waals surface area (Å²) in [6, 6.07) is 13.8. The molecule has 0 spiro atoms. The highest BCUT2D eigenvalue weighted by Crippen LogP contribution is 2.23. The Morgan fingerprint density at radius 1 is 1.18 bits per heavy atom. The third-order valence-electron chi connectivity index (χ3n) is 6.04. The normalized spacial score (nSPS) is 18.5. The van der Waals surface area contributed by atoms with E-state index < -0.39 is 5.60 Å². The molecule has 34 heavy (non-hydrogen) atoms. The van der Waals surface area contributed by atoms with Gasteiger partial charge in [-0.15, -0.1) is 0 Å². The fourth-order valence-electron chi connectivity index (χ4n) is 4.33. The molecule has 1 aromatic carbocycles. The molecule has 1 fully saturated rings. The van der Waals surface area contributed by atoms with Crippen LogP contribution in [-0.2, 0) is 22.4 Å². The van der Waals surface area contributed by atoms with Crippen LogP contribution in [0.5, 0.6) is 0 Å². The smallest absolute Gasteiger partial charge is 0.410 e. The van der Waals surface area contributed by atoms with Crippen molar-refractivity contribution in [1.29, 1.82) is 0 Å². The maximum absolute atomic E-state index is 13.3. The van der Waals surface area contributed by atoms with Gasteiger partial charge in [0.15, 0.2) is 0 Å². The largest absolute Gasteiger partial charge is 0.444 e. The van der Waals surface area contributed by atoms with E-state index >= 15 is 0 Å². The van der Waals surface area contributed by atoms with E-state index in [1.807, 2.05) is 58.2 Å². The summed E-state index contributed by atoms with van der Waals surface area (Å²) < 4.78 is 11.2. The SMILES string of the molecule is CN(Cc1ccccc1)c1ccc2c(n1)CCN(C[C@H]1COCCN1C(=O)OC(C)(C)C)C2=O. The number of aromatic nitrogens is 1. The van der Waals surface area contributed by atoms with Gasteiger partial charge < -0.3 is 19.3 Å². The molecule has 8 heteroatoms. The molecule has 0 radical (unpaired) electrons. The van der Waals surface area contributed by atoms with E-state index in [1.54, 1.807) is 9.80 Å². The summed E-state index contributed by atoms with van der Waals surface area (Å²) in [4.78, 5) is 36.3. The van der Waals surface area contributed by atoms with Crippen molar-refractivity contribution in [2.24, 2.45) is 0 Å². The van der Waals surface area contributed by atoms with Crippen LogP contribution in [0.25, 0.3) is 0 Å². The quantitative estimate of drug-likeness (QED) is 0.673. The van der Waals surface area contributed by atoms with E-state index in [2.05, 4.69) is 17.0 Å². The van der Waals surface area contributed by atoms with Crippen LogP contribution in [-0.4, -0.2) is 78.3 Å². The molecule has 2 amide bonds. The lowest BCUT2D eigenvalue weighted by Gasteiger charge is -2.40. The van der Waals surface area contributed by atoms with Crippen molar-refractivity contribution in [3.05, 3.63) is 59.3 Å². The van der Waals surface area contributed by atoms with Crippen LogP contribution in [0, 0.1) is 0 Å². The number of anilines is 1. The molecule has 4 rings (SSSR count). The minimum Gasteiger partial charge on any atom is -0.444 e. The van der Waals surface area contributed by atoms with Crippen LogP contribution in [0.15, 0.2) is 42.5 Å². The number of fused-ring (bicyclic) bond motifs is 1. The zero-order valence-corrected chi connectivity index (χ0v) is 20.5. The Kier molecular flexibility index (Phi) is 7.07. The molecule has 2 aliphatic heterocycles. The van der Waals surface area contributed by atoms with Gasteiger partial charge in [-0.2, -0.15) is 0 Å². The minimum absolute atomic E-state index is 0.0549. The van der Waals surface area contributed by atoms with Crippen molar-refractivity contribution in [2.75, 3.05) is 44.8 Å². The first-order valence-electron chi connectivity index (χ1n) is 11.8. The Morgan fingerprint density at radius 3 is 2.68 bits per heavy atom. The number of benzene rings is 1. The molecule has 2 aliphatic rings. The van der Waals surface area contributed by atoms with Crippen molar-refractivity contribution in [1.82, 2.24) is 14.8 Å². The number of carbonyl (C=O) groups excluding carboxylic acids is 2. The fraction of sp³-hybridized carbons (Fsp3) is 0.500. The molecule has 2 aromatic rings. The fourth-order valence-corrected chi connectivity index (χ4v) is 4.33. The number of ether oxygens (including phenoxy) is 2. The lowest BCUT2D eigenvalue weighted by atomic mass is 10.0. The predicted octanol–water partition coefficient (Wildman–Crippen LogP) is 3.35. The lowest BCUT2D eigenvalue weighted by molar-refractivity contribution is -0.0383. The van der Waals surface area contributed by atoms with E-state index in [-0.39, 0.29) is 18.0 Å². The molecule has 0 saturated carbocycles. The van der Waals surface area contributed by atoms with E-state index in [4.69, 9.17) is 14.5 Å². The zero-order valence-electron chi connectivity index (χ0n) is 20.5. The van der Waals surface area contributed by atoms with Gasteiger partial charge in [-0.05, 0) is 38.5 Å². The van der Waals surface area contributed by atoms with Crippen molar-refractivity contribution in [3.8, 4) is 0 Å². The third kappa shape index (κ3) is 5.67. The van der Waals surface area contributed by atoms with E-state index in [0.29, 0.717) is 44.8 Å². The summed E-state index contributed by atoms with van der Waals surface area (Å²) in [7, 11) is 2.01. The van der Waals surface area contributed by atoms with Gasteiger partial charge in [-0.25, -0.2) is 9.78 Å². The number of nitrogens with zero attached hydrogens (tertiary/aromatic N) is 4. The molecule has 8 nitrogen and oxygen atoms in total. The van der Waals surface area contributed by atoms with Crippen molar-refractivity contribution >= 4 is 17.8 Å². The highest BCUT2D eigenvalue weighted by atomic mass is 16.6. The van der Waals surface area contributed by atoms with Crippen LogP contribution in [0.2, 0.25) is 0 Å². The average Bonchev–Trinajstić information content (AvgIpc) is 2.80. The predicted molar refractivity (Wildman–Crippen MR) is 130 cm³/mol. The van der Waals surface area contributed by atoms with E-state index in [0.717, 1.165) is 18.1 Å².